The molecule has 6 nitrogen and oxygen atoms in total. The summed E-state index contributed by atoms with van der Waals surface area (Å²) in [5.41, 5.74) is 10.1. The van der Waals surface area contributed by atoms with Crippen molar-refractivity contribution in [3.8, 4) is 0 Å². The second-order valence-corrected chi connectivity index (χ2v) is 6.84. The van der Waals surface area contributed by atoms with Crippen LogP contribution in [0.1, 0.15) is 40.2 Å². The number of hydrogen-bond acceptors (Lipinski definition) is 3. The first-order valence-electron chi connectivity index (χ1n) is 6.84. The van der Waals surface area contributed by atoms with E-state index in [4.69, 9.17) is 10.3 Å². The van der Waals surface area contributed by atoms with Crippen molar-refractivity contribution >= 4 is 17.5 Å². The van der Waals surface area contributed by atoms with E-state index in [-0.39, 0.29) is 11.5 Å². The van der Waals surface area contributed by atoms with Crippen molar-refractivity contribution in [2.45, 2.75) is 45.6 Å². The van der Waals surface area contributed by atoms with Crippen LogP contribution in [0.3, 0.4) is 0 Å². The largest absolute Gasteiger partial charge is 0.443 e. The van der Waals surface area contributed by atoms with Gasteiger partial charge in [0.05, 0.1) is 5.69 Å². The van der Waals surface area contributed by atoms with Gasteiger partial charge in [-0.3, -0.25) is 4.90 Å². The average Bonchev–Trinajstić information content (AvgIpc) is 2.60. The number of azide groups is 1. The second kappa shape index (κ2) is 4.97. The quantitative estimate of drug-likeness (QED) is 0.428. The molecule has 1 heterocycles. The van der Waals surface area contributed by atoms with Crippen LogP contribution < -0.4 is 4.90 Å². The predicted molar refractivity (Wildman–Crippen MR) is 81.9 cm³/mol. The summed E-state index contributed by atoms with van der Waals surface area (Å²) < 4.78 is 5.46. The van der Waals surface area contributed by atoms with E-state index in [2.05, 4.69) is 23.9 Å². The zero-order valence-electron chi connectivity index (χ0n) is 13.0. The van der Waals surface area contributed by atoms with Gasteiger partial charge in [-0.05, 0) is 37.9 Å². The zero-order chi connectivity index (χ0) is 15.8. The van der Waals surface area contributed by atoms with E-state index in [1.54, 1.807) is 17.0 Å². The fraction of sp³-hybridized carbons (Fsp3) is 0.533. The number of carbonyl (C=O) groups is 1. The molecule has 2 rings (SSSR count). The topological polar surface area (TPSA) is 78.3 Å². The maximum atomic E-state index is 12.4. The Morgan fingerprint density at radius 1 is 1.43 bits per heavy atom. The minimum absolute atomic E-state index is 0.166. The first-order chi connectivity index (χ1) is 9.64. The van der Waals surface area contributed by atoms with Crippen LogP contribution in [0.5, 0.6) is 0 Å². The second-order valence-electron chi connectivity index (χ2n) is 6.84. The molecule has 0 N–H and O–H groups in total. The van der Waals surface area contributed by atoms with Crippen LogP contribution in [0.4, 0.5) is 16.2 Å². The number of amides is 1. The molecule has 1 aliphatic rings. The molecule has 0 fully saturated rings. The van der Waals surface area contributed by atoms with Gasteiger partial charge in [0.15, 0.2) is 0 Å². The Kier molecular flexibility index (Phi) is 3.59. The molecule has 21 heavy (non-hydrogen) atoms. The molecule has 0 aliphatic carbocycles. The van der Waals surface area contributed by atoms with Gasteiger partial charge in [0.2, 0.25) is 0 Å². The molecule has 0 aromatic heterocycles. The van der Waals surface area contributed by atoms with Gasteiger partial charge < -0.3 is 4.74 Å². The third kappa shape index (κ3) is 3.11. The van der Waals surface area contributed by atoms with E-state index < -0.39 is 5.60 Å². The van der Waals surface area contributed by atoms with Crippen molar-refractivity contribution in [2.75, 3.05) is 11.4 Å². The first-order valence-corrected chi connectivity index (χ1v) is 6.84. The van der Waals surface area contributed by atoms with Crippen molar-refractivity contribution in [1.82, 2.24) is 0 Å². The van der Waals surface area contributed by atoms with E-state index in [0.29, 0.717) is 12.2 Å². The first kappa shape index (κ1) is 15.2. The number of rotatable bonds is 1. The lowest BCUT2D eigenvalue weighted by Crippen LogP contribution is -2.38. The maximum absolute atomic E-state index is 12.4. The molecule has 0 unspecified atom stereocenters. The van der Waals surface area contributed by atoms with Crippen molar-refractivity contribution in [3.63, 3.8) is 0 Å². The Labute approximate surface area is 124 Å². The van der Waals surface area contributed by atoms with Gasteiger partial charge in [-0.15, -0.1) is 0 Å². The van der Waals surface area contributed by atoms with Crippen LogP contribution >= 0.6 is 0 Å². The van der Waals surface area contributed by atoms with E-state index in [1.807, 2.05) is 26.8 Å². The van der Waals surface area contributed by atoms with E-state index in [9.17, 15) is 4.79 Å². The highest BCUT2D eigenvalue weighted by Gasteiger charge is 2.39. The van der Waals surface area contributed by atoms with E-state index in [0.717, 1.165) is 11.3 Å². The average molecular weight is 288 g/mol. The summed E-state index contributed by atoms with van der Waals surface area (Å²) >= 11 is 0. The predicted octanol–water partition coefficient (Wildman–Crippen LogP) is 4.66. The Hall–Kier alpha value is -2.20. The third-order valence-corrected chi connectivity index (χ3v) is 3.33. The van der Waals surface area contributed by atoms with Crippen LogP contribution in [-0.4, -0.2) is 18.2 Å². The van der Waals surface area contributed by atoms with Crippen LogP contribution in [0.2, 0.25) is 0 Å². The fourth-order valence-electron chi connectivity index (χ4n) is 2.48. The fourth-order valence-corrected chi connectivity index (χ4v) is 2.48. The lowest BCUT2D eigenvalue weighted by Gasteiger charge is -2.26. The monoisotopic (exact) mass is 288 g/mol. The molecular formula is C15H20N4O2. The van der Waals surface area contributed by atoms with E-state index in [1.165, 1.54) is 0 Å². The van der Waals surface area contributed by atoms with Gasteiger partial charge >= 0.3 is 6.09 Å². The molecule has 0 bridgehead atoms. The number of nitrogens with zero attached hydrogens (tertiary/aromatic N) is 4. The summed E-state index contributed by atoms with van der Waals surface area (Å²) in [5.74, 6) is 0. The minimum Gasteiger partial charge on any atom is -0.443 e. The third-order valence-electron chi connectivity index (χ3n) is 3.33. The SMILES string of the molecule is CC(C)(C)OC(=O)N1CC(C)(C)c2ccc(N=[N+]=[N-])cc21. The molecule has 1 aliphatic heterocycles. The number of fused-ring (bicyclic) bond motifs is 1. The summed E-state index contributed by atoms with van der Waals surface area (Å²) in [6.07, 6.45) is -0.382. The Balaban J connectivity index is 2.42. The molecule has 0 radical (unpaired) electrons. The summed E-state index contributed by atoms with van der Waals surface area (Å²) in [5, 5.41) is 3.60. The van der Waals surface area contributed by atoms with Gasteiger partial charge in [0.25, 0.3) is 0 Å². The molecular weight excluding hydrogens is 268 g/mol. The lowest BCUT2D eigenvalue weighted by molar-refractivity contribution is 0.0579. The molecule has 0 spiro atoms. The Bertz CT molecular complexity index is 625. The van der Waals surface area contributed by atoms with Crippen LogP contribution in [0.15, 0.2) is 23.3 Å². The van der Waals surface area contributed by atoms with Crippen LogP contribution in [0, 0.1) is 0 Å². The van der Waals surface area contributed by atoms with Crippen molar-refractivity contribution < 1.29 is 9.53 Å². The number of hydrogen-bond donors (Lipinski definition) is 0. The summed E-state index contributed by atoms with van der Waals surface area (Å²) in [6.45, 7) is 10.2. The van der Waals surface area contributed by atoms with Crippen molar-refractivity contribution in [3.05, 3.63) is 34.2 Å². The van der Waals surface area contributed by atoms with Gasteiger partial charge in [-0.1, -0.05) is 31.1 Å². The maximum Gasteiger partial charge on any atom is 0.414 e. The van der Waals surface area contributed by atoms with Crippen LogP contribution in [-0.2, 0) is 10.2 Å². The number of ether oxygens (including phenoxy) is 1. The van der Waals surface area contributed by atoms with Crippen LogP contribution in [0.25, 0.3) is 10.4 Å². The summed E-state index contributed by atoms with van der Waals surface area (Å²) in [6, 6.07) is 5.40. The highest BCUT2D eigenvalue weighted by atomic mass is 16.6. The Morgan fingerprint density at radius 3 is 2.67 bits per heavy atom. The van der Waals surface area contributed by atoms with Gasteiger partial charge in [0.1, 0.15) is 5.60 Å². The van der Waals surface area contributed by atoms with Gasteiger partial charge in [-0.25, -0.2) is 4.79 Å². The molecule has 112 valence electrons. The molecule has 0 atom stereocenters. The smallest absolute Gasteiger partial charge is 0.414 e. The van der Waals surface area contributed by atoms with Crippen molar-refractivity contribution in [2.24, 2.45) is 5.11 Å². The minimum atomic E-state index is -0.549. The number of carbonyl (C=O) groups excluding carboxylic acids is 1. The normalized spacial score (nSPS) is 16.1. The lowest BCUT2D eigenvalue weighted by atomic mass is 9.87. The highest BCUT2D eigenvalue weighted by Crippen LogP contribution is 2.42. The number of anilines is 1. The molecule has 0 saturated carbocycles. The van der Waals surface area contributed by atoms with Gasteiger partial charge in [0, 0.05) is 22.6 Å². The standard InChI is InChI=1S/C15H20N4O2/c1-14(2,3)21-13(20)19-9-15(4,5)11-7-6-10(17-18-16)8-12(11)19/h6-8H,9H2,1-5H3. The van der Waals surface area contributed by atoms with E-state index >= 15 is 0 Å². The molecule has 0 saturated heterocycles. The molecule has 6 heteroatoms. The van der Waals surface area contributed by atoms with Gasteiger partial charge in [-0.2, -0.15) is 0 Å². The molecule has 1 aromatic rings. The summed E-state index contributed by atoms with van der Waals surface area (Å²) in [7, 11) is 0. The zero-order valence-corrected chi connectivity index (χ0v) is 13.0. The molecule has 1 aromatic carbocycles. The molecule has 1 amide bonds. The Morgan fingerprint density at radius 2 is 2.10 bits per heavy atom. The summed E-state index contributed by atoms with van der Waals surface area (Å²) in [4.78, 5) is 16.8. The van der Waals surface area contributed by atoms with Crippen molar-refractivity contribution in [1.29, 1.82) is 0 Å². The highest BCUT2D eigenvalue weighted by molar-refractivity contribution is 5.92. The number of benzene rings is 1.